The third-order valence-electron chi connectivity index (χ3n) is 5.65. The molecular weight excluding hydrogens is 457 g/mol. The molecule has 1 aromatic carbocycles. The van der Waals surface area contributed by atoms with E-state index in [9.17, 15) is 22.4 Å². The molecule has 3 aromatic rings. The molecule has 0 amide bonds. The van der Waals surface area contributed by atoms with Crippen molar-refractivity contribution in [2.45, 2.75) is 45.3 Å². The van der Waals surface area contributed by atoms with E-state index in [1.165, 1.54) is 7.05 Å². The van der Waals surface area contributed by atoms with Crippen LogP contribution in [0.15, 0.2) is 42.7 Å². The molecule has 34 heavy (non-hydrogen) atoms. The lowest BCUT2D eigenvalue weighted by Gasteiger charge is -2.32. The largest absolute Gasteiger partial charge is 0.573 e. The molecule has 182 valence electrons. The van der Waals surface area contributed by atoms with Crippen molar-refractivity contribution in [1.29, 1.82) is 0 Å². The van der Waals surface area contributed by atoms with Gasteiger partial charge in [0.05, 0.1) is 23.1 Å². The molecule has 3 heterocycles. The van der Waals surface area contributed by atoms with Crippen molar-refractivity contribution in [3.05, 3.63) is 54.2 Å². The Morgan fingerprint density at radius 3 is 2.32 bits per heavy atom. The van der Waals surface area contributed by atoms with Gasteiger partial charge in [0.2, 0.25) is 0 Å². The van der Waals surface area contributed by atoms with E-state index in [4.69, 9.17) is 9.31 Å². The lowest BCUT2D eigenvalue weighted by Crippen LogP contribution is -2.41. The van der Waals surface area contributed by atoms with Crippen molar-refractivity contribution < 1.29 is 36.4 Å². The maximum Gasteiger partial charge on any atom is 0.573 e. The monoisotopic (exact) mass is 481 g/mol. The molecule has 0 radical (unpaired) electrons. The molecule has 2 aromatic heterocycles. The summed E-state index contributed by atoms with van der Waals surface area (Å²) in [5.41, 5.74) is 1.35. The first-order chi connectivity index (χ1) is 15.8. The van der Waals surface area contributed by atoms with Gasteiger partial charge in [-0.1, -0.05) is 0 Å². The van der Waals surface area contributed by atoms with E-state index in [2.05, 4.69) is 15.0 Å². The van der Waals surface area contributed by atoms with Crippen LogP contribution < -0.4 is 15.5 Å². The highest BCUT2D eigenvalue weighted by Crippen LogP contribution is 2.36. The number of nitrogens with zero attached hydrogens (tertiary/aromatic N) is 2. The normalized spacial score (nSPS) is 16.7. The Kier molecular flexibility index (Phi) is 6.95. The van der Waals surface area contributed by atoms with Crippen LogP contribution in [0.5, 0.6) is 5.75 Å². The van der Waals surface area contributed by atoms with Crippen LogP contribution in [-0.4, -0.2) is 47.4 Å². The molecule has 1 fully saturated rings. The Morgan fingerprint density at radius 2 is 1.76 bits per heavy atom. The second kappa shape index (κ2) is 9.26. The Bertz CT molecular complexity index is 1160. The minimum atomic E-state index is -4.76. The van der Waals surface area contributed by atoms with Gasteiger partial charge in [0.25, 0.3) is 0 Å². The van der Waals surface area contributed by atoms with E-state index in [1.54, 1.807) is 10.6 Å². The molecule has 4 rings (SSSR count). The van der Waals surface area contributed by atoms with E-state index in [1.807, 2.05) is 46.0 Å². The van der Waals surface area contributed by atoms with Crippen molar-refractivity contribution >= 4 is 30.2 Å². The highest BCUT2D eigenvalue weighted by atomic mass is 19.4. The van der Waals surface area contributed by atoms with E-state index in [-0.39, 0.29) is 16.9 Å². The number of fused-ring (bicyclic) bond motifs is 1. The predicted octanol–water partition coefficient (Wildman–Crippen LogP) is 4.21. The number of hydrogen-bond acceptors (Lipinski definition) is 6. The minimum absolute atomic E-state index is 0.0493. The van der Waals surface area contributed by atoms with Crippen LogP contribution in [0.1, 0.15) is 38.2 Å². The molecule has 0 saturated carbocycles. The first-order valence-corrected chi connectivity index (χ1v) is 10.3. The summed E-state index contributed by atoms with van der Waals surface area (Å²) in [5.74, 6) is -1.09. The van der Waals surface area contributed by atoms with Crippen molar-refractivity contribution in [2.24, 2.45) is 0 Å². The van der Waals surface area contributed by atoms with Crippen molar-refractivity contribution in [3.63, 3.8) is 0 Å². The minimum Gasteiger partial charge on any atom is -0.406 e. The lowest BCUT2D eigenvalue weighted by atomic mass is 9.80. The molecule has 0 spiro atoms. The number of carbonyl (C=O) groups excluding carboxylic acids is 1. The highest BCUT2D eigenvalue weighted by Gasteiger charge is 2.51. The summed E-state index contributed by atoms with van der Waals surface area (Å²) in [7, 11) is 0.983. The smallest absolute Gasteiger partial charge is 0.406 e. The standard InChI is InChI=1S/C14H17BN2O3.C8H7F4NO/c1-13(2)14(3,4)20-15(19-13)10-5-6-17-11(9-18)8-16-12(17)7-10;1-13-7-4-5(2-3-6(7)9)14-8(10,11)12/h5-9H,1-4H3;2-4,13H,1H3. The Labute approximate surface area is 194 Å². The van der Waals surface area contributed by atoms with Gasteiger partial charge in [0, 0.05) is 19.3 Å². The zero-order chi connectivity index (χ0) is 25.3. The van der Waals surface area contributed by atoms with Crippen LogP contribution in [0, 0.1) is 5.82 Å². The molecule has 0 bridgehead atoms. The van der Waals surface area contributed by atoms with Gasteiger partial charge < -0.3 is 19.4 Å². The van der Waals surface area contributed by atoms with Gasteiger partial charge >= 0.3 is 13.5 Å². The number of nitrogens with one attached hydrogen (secondary N) is 1. The fourth-order valence-electron chi connectivity index (χ4n) is 3.12. The second-order valence-electron chi connectivity index (χ2n) is 8.52. The van der Waals surface area contributed by atoms with E-state index in [0.29, 0.717) is 11.3 Å². The van der Waals surface area contributed by atoms with Crippen molar-refractivity contribution in [1.82, 2.24) is 9.38 Å². The molecule has 1 saturated heterocycles. The molecule has 1 aliphatic heterocycles. The van der Waals surface area contributed by atoms with Crippen molar-refractivity contribution in [2.75, 3.05) is 12.4 Å². The van der Waals surface area contributed by atoms with Gasteiger partial charge in [-0.05, 0) is 57.4 Å². The number of rotatable bonds is 4. The number of carbonyl (C=O) groups is 1. The summed E-state index contributed by atoms with van der Waals surface area (Å²) >= 11 is 0. The summed E-state index contributed by atoms with van der Waals surface area (Å²) in [6.45, 7) is 8.08. The first-order valence-electron chi connectivity index (χ1n) is 10.3. The summed E-state index contributed by atoms with van der Waals surface area (Å²) < 4.78 is 65.4. The van der Waals surface area contributed by atoms with Gasteiger partial charge in [0.15, 0.2) is 6.29 Å². The lowest BCUT2D eigenvalue weighted by molar-refractivity contribution is -0.274. The Morgan fingerprint density at radius 1 is 1.12 bits per heavy atom. The summed E-state index contributed by atoms with van der Waals surface area (Å²) in [5, 5.41) is 2.40. The molecule has 12 heteroatoms. The van der Waals surface area contributed by atoms with Crippen molar-refractivity contribution in [3.8, 4) is 5.75 Å². The SMILES string of the molecule is CC1(C)OB(c2ccn3c(C=O)cnc3c2)OC1(C)C.CNc1cc(OC(F)(F)F)ccc1F. The number of benzene rings is 1. The summed E-state index contributed by atoms with van der Waals surface area (Å²) in [6, 6.07) is 6.51. The zero-order valence-electron chi connectivity index (χ0n) is 19.2. The number of aldehydes is 1. The molecular formula is C22H24BF4N3O4. The predicted molar refractivity (Wildman–Crippen MR) is 119 cm³/mol. The van der Waals surface area contributed by atoms with Crippen LogP contribution >= 0.6 is 0 Å². The van der Waals surface area contributed by atoms with Gasteiger partial charge in [-0.25, -0.2) is 9.37 Å². The van der Waals surface area contributed by atoms with Gasteiger partial charge in [-0.2, -0.15) is 0 Å². The summed E-state index contributed by atoms with van der Waals surface area (Å²) in [6.07, 6.45) is -0.611. The number of anilines is 1. The number of alkyl halides is 3. The first kappa shape index (κ1) is 25.5. The van der Waals surface area contributed by atoms with Crippen LogP contribution in [0.3, 0.4) is 0 Å². The molecule has 1 aliphatic rings. The van der Waals surface area contributed by atoms with Gasteiger partial charge in [-0.15, -0.1) is 13.2 Å². The molecule has 7 nitrogen and oxygen atoms in total. The van der Waals surface area contributed by atoms with Gasteiger partial charge in [-0.3, -0.25) is 9.20 Å². The second-order valence-corrected chi connectivity index (χ2v) is 8.52. The Hall–Kier alpha value is -3.12. The summed E-state index contributed by atoms with van der Waals surface area (Å²) in [4.78, 5) is 15.1. The zero-order valence-corrected chi connectivity index (χ0v) is 19.2. The number of imidazole rings is 1. The molecule has 0 aliphatic carbocycles. The average molecular weight is 481 g/mol. The fourth-order valence-corrected chi connectivity index (χ4v) is 3.12. The number of hydrogen-bond donors (Lipinski definition) is 1. The van der Waals surface area contributed by atoms with Crippen LogP contribution in [-0.2, 0) is 9.31 Å². The molecule has 0 atom stereocenters. The topological polar surface area (TPSA) is 74.1 Å². The number of ether oxygens (including phenoxy) is 1. The Balaban J connectivity index is 0.000000204. The third-order valence-corrected chi connectivity index (χ3v) is 5.65. The third kappa shape index (κ3) is 5.50. The van der Waals surface area contributed by atoms with E-state index >= 15 is 0 Å². The maximum atomic E-state index is 12.8. The number of halogens is 4. The highest BCUT2D eigenvalue weighted by molar-refractivity contribution is 6.62. The number of aromatic nitrogens is 2. The van der Waals surface area contributed by atoms with Crippen LogP contribution in [0.4, 0.5) is 23.2 Å². The maximum absolute atomic E-state index is 12.8. The quantitative estimate of drug-likeness (QED) is 0.342. The fraction of sp³-hybridized carbons (Fsp3) is 0.364. The van der Waals surface area contributed by atoms with E-state index < -0.39 is 25.0 Å². The average Bonchev–Trinajstić information content (AvgIpc) is 3.25. The molecule has 1 N–H and O–H groups in total. The van der Waals surface area contributed by atoms with Gasteiger partial charge in [0.1, 0.15) is 22.9 Å². The number of pyridine rings is 1. The van der Waals surface area contributed by atoms with E-state index in [0.717, 1.165) is 29.9 Å². The molecule has 0 unspecified atom stereocenters. The van der Waals surface area contributed by atoms with Crippen LogP contribution in [0.2, 0.25) is 0 Å². The van der Waals surface area contributed by atoms with Crippen LogP contribution in [0.25, 0.3) is 5.65 Å².